The maximum absolute atomic E-state index is 12.2. The van der Waals surface area contributed by atoms with Crippen molar-refractivity contribution in [2.45, 2.75) is 25.5 Å². The quantitative estimate of drug-likeness (QED) is 0.819. The topological polar surface area (TPSA) is 66.7 Å². The molecule has 0 spiro atoms. The molecule has 5 rings (SSSR count). The van der Waals surface area contributed by atoms with Crippen LogP contribution in [0.15, 0.2) is 12.4 Å². The van der Waals surface area contributed by atoms with Gasteiger partial charge < -0.3 is 14.5 Å². The molecule has 0 bridgehead atoms. The van der Waals surface area contributed by atoms with Gasteiger partial charge in [0.05, 0.1) is 41.7 Å². The normalized spacial score (nSPS) is 23.2. The minimum Gasteiger partial charge on any atom is -0.375 e. The van der Waals surface area contributed by atoms with Gasteiger partial charge in [0, 0.05) is 45.8 Å². The number of anilines is 2. The van der Waals surface area contributed by atoms with Crippen LogP contribution < -0.4 is 9.80 Å². The zero-order valence-corrected chi connectivity index (χ0v) is 15.6. The van der Waals surface area contributed by atoms with Crippen LogP contribution in [0, 0.1) is 0 Å². The van der Waals surface area contributed by atoms with E-state index in [1.54, 1.807) is 27.3 Å². The van der Waals surface area contributed by atoms with Crippen LogP contribution in [0.4, 0.5) is 15.6 Å². The fourth-order valence-electron chi connectivity index (χ4n) is 3.83. The molecule has 0 N–H and O–H groups in total. The van der Waals surface area contributed by atoms with Crippen molar-refractivity contribution in [3.63, 3.8) is 0 Å². The summed E-state index contributed by atoms with van der Waals surface area (Å²) >= 11 is 1.76. The van der Waals surface area contributed by atoms with Gasteiger partial charge in [-0.05, 0) is 6.42 Å². The Balaban J connectivity index is 1.29. The van der Waals surface area contributed by atoms with Gasteiger partial charge >= 0.3 is 6.03 Å². The smallest absolute Gasteiger partial charge is 0.324 e. The first-order valence-corrected chi connectivity index (χ1v) is 9.89. The molecule has 138 valence electrons. The SMILES string of the molecule is CN1CCN(c2cnn(C3CCN(c4nc5c(s4)COCC5)C3)c2)C1=O. The van der Waals surface area contributed by atoms with Crippen LogP contribution in [0.5, 0.6) is 0 Å². The van der Waals surface area contributed by atoms with Gasteiger partial charge in [0.2, 0.25) is 0 Å². The largest absolute Gasteiger partial charge is 0.375 e. The van der Waals surface area contributed by atoms with Crippen molar-refractivity contribution in [3.8, 4) is 0 Å². The summed E-state index contributed by atoms with van der Waals surface area (Å²) in [6.07, 6.45) is 5.77. The Labute approximate surface area is 156 Å². The van der Waals surface area contributed by atoms with Crippen LogP contribution in [0.2, 0.25) is 0 Å². The van der Waals surface area contributed by atoms with Gasteiger partial charge in [0.25, 0.3) is 0 Å². The molecule has 1 atom stereocenters. The number of rotatable bonds is 3. The van der Waals surface area contributed by atoms with Gasteiger partial charge in [0.15, 0.2) is 5.13 Å². The minimum atomic E-state index is 0.0492. The number of aromatic nitrogens is 3. The second-order valence-electron chi connectivity index (χ2n) is 7.09. The molecule has 2 amide bonds. The van der Waals surface area contributed by atoms with Crippen molar-refractivity contribution in [1.29, 1.82) is 0 Å². The Morgan fingerprint density at radius 3 is 3.04 bits per heavy atom. The lowest BCUT2D eigenvalue weighted by atomic mass is 10.2. The van der Waals surface area contributed by atoms with Crippen molar-refractivity contribution in [2.75, 3.05) is 49.6 Å². The fraction of sp³-hybridized carbons (Fsp3) is 0.588. The van der Waals surface area contributed by atoms with E-state index in [4.69, 9.17) is 9.72 Å². The maximum Gasteiger partial charge on any atom is 0.324 e. The van der Waals surface area contributed by atoms with E-state index in [0.717, 1.165) is 56.4 Å². The number of carbonyl (C=O) groups excluding carboxylic acids is 1. The Kier molecular flexibility index (Phi) is 3.86. The molecule has 0 saturated carbocycles. The molecule has 3 aliphatic heterocycles. The highest BCUT2D eigenvalue weighted by molar-refractivity contribution is 7.15. The van der Waals surface area contributed by atoms with Crippen molar-refractivity contribution < 1.29 is 9.53 Å². The molecule has 26 heavy (non-hydrogen) atoms. The number of hydrogen-bond acceptors (Lipinski definition) is 6. The minimum absolute atomic E-state index is 0.0492. The molecular formula is C17H22N6O2S. The number of likely N-dealkylation sites (N-methyl/N-ethyl adjacent to an activating group) is 1. The predicted octanol–water partition coefficient (Wildman–Crippen LogP) is 1.74. The Bertz CT molecular complexity index is 810. The molecule has 3 aliphatic rings. The highest BCUT2D eigenvalue weighted by atomic mass is 32.1. The Morgan fingerprint density at radius 2 is 2.23 bits per heavy atom. The zero-order valence-electron chi connectivity index (χ0n) is 14.8. The lowest BCUT2D eigenvalue weighted by molar-refractivity contribution is 0.112. The van der Waals surface area contributed by atoms with Crippen LogP contribution in [0.1, 0.15) is 23.0 Å². The third-order valence-electron chi connectivity index (χ3n) is 5.41. The molecule has 0 aliphatic carbocycles. The van der Waals surface area contributed by atoms with E-state index in [2.05, 4.69) is 10.00 Å². The number of hydrogen-bond donors (Lipinski definition) is 0. The van der Waals surface area contributed by atoms with E-state index >= 15 is 0 Å². The van der Waals surface area contributed by atoms with E-state index in [1.165, 1.54) is 10.6 Å². The van der Waals surface area contributed by atoms with Gasteiger partial charge in [-0.3, -0.25) is 9.58 Å². The standard InChI is InChI=1S/C17H22N6O2S/c1-20-5-6-22(17(20)24)13-8-18-23(10-13)12-2-4-21(9-12)16-19-14-3-7-25-11-15(14)26-16/h8,10,12H,2-7,9,11H2,1H3. The highest BCUT2D eigenvalue weighted by Gasteiger charge is 2.31. The van der Waals surface area contributed by atoms with Crippen molar-refractivity contribution in [2.24, 2.45) is 0 Å². The van der Waals surface area contributed by atoms with Gasteiger partial charge in [-0.2, -0.15) is 5.10 Å². The number of thiazole rings is 1. The molecule has 2 saturated heterocycles. The average Bonchev–Trinajstić information content (AvgIpc) is 3.41. The van der Waals surface area contributed by atoms with Crippen LogP contribution in [0.25, 0.3) is 0 Å². The summed E-state index contributed by atoms with van der Waals surface area (Å²) in [6, 6.07) is 0.365. The molecule has 2 fully saturated rings. The van der Waals surface area contributed by atoms with Gasteiger partial charge in [0.1, 0.15) is 0 Å². The van der Waals surface area contributed by atoms with Crippen LogP contribution in [0.3, 0.4) is 0 Å². The molecule has 0 radical (unpaired) electrons. The van der Waals surface area contributed by atoms with Gasteiger partial charge in [-0.15, -0.1) is 0 Å². The molecular weight excluding hydrogens is 352 g/mol. The summed E-state index contributed by atoms with van der Waals surface area (Å²) < 4.78 is 7.54. The van der Waals surface area contributed by atoms with E-state index < -0.39 is 0 Å². The third-order valence-corrected chi connectivity index (χ3v) is 6.54. The Hall–Kier alpha value is -2.13. The van der Waals surface area contributed by atoms with E-state index in [0.29, 0.717) is 12.6 Å². The average molecular weight is 374 g/mol. The second kappa shape index (κ2) is 6.24. The summed E-state index contributed by atoms with van der Waals surface area (Å²) in [5.74, 6) is 0. The monoisotopic (exact) mass is 374 g/mol. The van der Waals surface area contributed by atoms with Crippen LogP contribution in [-0.2, 0) is 17.8 Å². The number of amides is 2. The molecule has 0 aromatic carbocycles. The first-order valence-electron chi connectivity index (χ1n) is 9.07. The summed E-state index contributed by atoms with van der Waals surface area (Å²) in [6.45, 7) is 4.86. The third kappa shape index (κ3) is 2.66. The molecule has 9 heteroatoms. The summed E-state index contributed by atoms with van der Waals surface area (Å²) in [5, 5.41) is 5.64. The Morgan fingerprint density at radius 1 is 1.31 bits per heavy atom. The first kappa shape index (κ1) is 16.1. The van der Waals surface area contributed by atoms with E-state index in [1.807, 2.05) is 17.9 Å². The summed E-state index contributed by atoms with van der Waals surface area (Å²) in [5.41, 5.74) is 2.09. The molecule has 5 heterocycles. The van der Waals surface area contributed by atoms with Crippen molar-refractivity contribution >= 4 is 28.2 Å². The van der Waals surface area contributed by atoms with Crippen LogP contribution in [-0.4, -0.2) is 65.5 Å². The molecule has 2 aromatic heterocycles. The van der Waals surface area contributed by atoms with Gasteiger partial charge in [-0.1, -0.05) is 11.3 Å². The van der Waals surface area contributed by atoms with Crippen molar-refractivity contribution in [1.82, 2.24) is 19.7 Å². The van der Waals surface area contributed by atoms with E-state index in [9.17, 15) is 4.79 Å². The number of urea groups is 1. The molecule has 8 nitrogen and oxygen atoms in total. The maximum atomic E-state index is 12.2. The lowest BCUT2D eigenvalue weighted by Crippen LogP contribution is -2.28. The first-order chi connectivity index (χ1) is 12.7. The summed E-state index contributed by atoms with van der Waals surface area (Å²) in [4.78, 5) is 24.1. The van der Waals surface area contributed by atoms with Crippen LogP contribution >= 0.6 is 11.3 Å². The summed E-state index contributed by atoms with van der Waals surface area (Å²) in [7, 11) is 1.83. The highest BCUT2D eigenvalue weighted by Crippen LogP contribution is 2.34. The van der Waals surface area contributed by atoms with E-state index in [-0.39, 0.29) is 6.03 Å². The number of fused-ring (bicyclic) bond motifs is 1. The second-order valence-corrected chi connectivity index (χ2v) is 8.15. The van der Waals surface area contributed by atoms with Crippen molar-refractivity contribution in [3.05, 3.63) is 23.0 Å². The molecule has 2 aromatic rings. The lowest BCUT2D eigenvalue weighted by Gasteiger charge is -2.15. The molecule has 1 unspecified atom stereocenters. The fourth-order valence-corrected chi connectivity index (χ4v) is 4.91. The van der Waals surface area contributed by atoms with Gasteiger partial charge in [-0.25, -0.2) is 9.78 Å². The number of nitrogens with zero attached hydrogens (tertiary/aromatic N) is 6. The zero-order chi connectivity index (χ0) is 17.7. The number of carbonyl (C=O) groups is 1. The number of ether oxygens (including phenoxy) is 1. The predicted molar refractivity (Wildman–Crippen MR) is 98.9 cm³/mol.